The molecule has 0 amide bonds. The van der Waals surface area contributed by atoms with Gasteiger partial charge < -0.3 is 0 Å². The number of carbonyl (C=O) groups excluding carboxylic acids is 1. The van der Waals surface area contributed by atoms with Crippen LogP contribution in [0.1, 0.15) is 5.56 Å². The molecule has 0 aliphatic carbocycles. The monoisotopic (exact) mass is 235 g/mol. The van der Waals surface area contributed by atoms with Crippen LogP contribution in [0, 0.1) is 0 Å². The van der Waals surface area contributed by atoms with E-state index in [0.717, 1.165) is 0 Å². The first-order valence-corrected chi connectivity index (χ1v) is 4.45. The molecule has 0 saturated heterocycles. The van der Waals surface area contributed by atoms with E-state index in [4.69, 9.17) is 34.8 Å². The van der Waals surface area contributed by atoms with E-state index in [9.17, 15) is 4.79 Å². The standard InChI is InChI=1S/C8H4Cl3NO/c9-6-1-5(3-12-4-13)8(11)7(10)2-6/h1-2H,3H2. The third-order valence-electron chi connectivity index (χ3n) is 1.38. The van der Waals surface area contributed by atoms with E-state index in [1.165, 1.54) is 12.1 Å². The first-order valence-electron chi connectivity index (χ1n) is 3.32. The summed E-state index contributed by atoms with van der Waals surface area (Å²) in [5.74, 6) is 0. The van der Waals surface area contributed by atoms with Gasteiger partial charge in [0.15, 0.2) is 0 Å². The van der Waals surface area contributed by atoms with Crippen LogP contribution >= 0.6 is 34.8 Å². The molecular formula is C8H4Cl3NO. The first-order chi connectivity index (χ1) is 6.15. The first kappa shape index (κ1) is 10.6. The Balaban J connectivity index is 3.12. The molecule has 0 aromatic heterocycles. The number of hydrogen-bond donors (Lipinski definition) is 0. The van der Waals surface area contributed by atoms with E-state index >= 15 is 0 Å². The third kappa shape index (κ3) is 2.71. The van der Waals surface area contributed by atoms with Gasteiger partial charge in [-0.05, 0) is 17.7 Å². The van der Waals surface area contributed by atoms with E-state index in [-0.39, 0.29) is 6.54 Å². The second-order valence-corrected chi connectivity index (χ2v) is 3.49. The summed E-state index contributed by atoms with van der Waals surface area (Å²) in [4.78, 5) is 13.2. The highest BCUT2D eigenvalue weighted by Gasteiger charge is 2.05. The molecule has 1 rings (SSSR count). The maximum Gasteiger partial charge on any atom is 0.235 e. The van der Waals surface area contributed by atoms with Gasteiger partial charge in [-0.15, -0.1) is 0 Å². The highest BCUT2D eigenvalue weighted by Crippen LogP contribution is 2.29. The van der Waals surface area contributed by atoms with Crippen molar-refractivity contribution in [3.8, 4) is 0 Å². The highest BCUT2D eigenvalue weighted by atomic mass is 35.5. The number of aliphatic imine (C=N–C) groups is 1. The molecule has 0 bridgehead atoms. The highest BCUT2D eigenvalue weighted by molar-refractivity contribution is 6.43. The number of hydrogen-bond acceptors (Lipinski definition) is 2. The molecule has 0 atom stereocenters. The molecule has 0 aliphatic rings. The molecule has 0 unspecified atom stereocenters. The van der Waals surface area contributed by atoms with Crippen molar-refractivity contribution in [2.45, 2.75) is 6.54 Å². The van der Waals surface area contributed by atoms with Crippen molar-refractivity contribution in [1.29, 1.82) is 0 Å². The quantitative estimate of drug-likeness (QED) is 0.439. The second kappa shape index (κ2) is 4.64. The maximum atomic E-state index is 9.86. The van der Waals surface area contributed by atoms with Crippen molar-refractivity contribution >= 4 is 40.9 Å². The van der Waals surface area contributed by atoms with Gasteiger partial charge >= 0.3 is 0 Å². The molecule has 0 aliphatic heterocycles. The molecule has 2 nitrogen and oxygen atoms in total. The lowest BCUT2D eigenvalue weighted by atomic mass is 10.2. The van der Waals surface area contributed by atoms with Crippen LogP contribution in [0.5, 0.6) is 0 Å². The number of benzene rings is 1. The van der Waals surface area contributed by atoms with Crippen LogP contribution < -0.4 is 0 Å². The van der Waals surface area contributed by atoms with Crippen LogP contribution in [0.3, 0.4) is 0 Å². The average Bonchev–Trinajstić information content (AvgIpc) is 2.09. The van der Waals surface area contributed by atoms with Gasteiger partial charge in [0.25, 0.3) is 0 Å². The summed E-state index contributed by atoms with van der Waals surface area (Å²) in [6.45, 7) is 0.141. The van der Waals surface area contributed by atoms with Gasteiger partial charge in [0.05, 0.1) is 16.6 Å². The van der Waals surface area contributed by atoms with Crippen LogP contribution in [0.15, 0.2) is 17.1 Å². The Labute approximate surface area is 90.1 Å². The zero-order valence-corrected chi connectivity index (χ0v) is 8.62. The molecule has 0 saturated carbocycles. The number of nitrogens with zero attached hydrogens (tertiary/aromatic N) is 1. The van der Waals surface area contributed by atoms with Gasteiger partial charge in [0.2, 0.25) is 6.08 Å². The van der Waals surface area contributed by atoms with Crippen LogP contribution in [-0.2, 0) is 11.3 Å². The third-order valence-corrected chi connectivity index (χ3v) is 2.44. The molecule has 13 heavy (non-hydrogen) atoms. The second-order valence-electron chi connectivity index (χ2n) is 2.27. The predicted molar refractivity (Wildman–Crippen MR) is 53.3 cm³/mol. The Morgan fingerprint density at radius 3 is 2.62 bits per heavy atom. The van der Waals surface area contributed by atoms with E-state index in [1.54, 1.807) is 6.07 Å². The summed E-state index contributed by atoms with van der Waals surface area (Å²) < 4.78 is 0. The van der Waals surface area contributed by atoms with Crippen molar-refractivity contribution < 1.29 is 4.79 Å². The Morgan fingerprint density at radius 1 is 1.31 bits per heavy atom. The van der Waals surface area contributed by atoms with Crippen molar-refractivity contribution in [2.75, 3.05) is 0 Å². The predicted octanol–water partition coefficient (Wildman–Crippen LogP) is 3.48. The van der Waals surface area contributed by atoms with Crippen LogP contribution in [0.4, 0.5) is 0 Å². The maximum absolute atomic E-state index is 9.86. The smallest absolute Gasteiger partial charge is 0.211 e. The Kier molecular flexibility index (Phi) is 3.76. The Hall–Kier alpha value is -0.530. The minimum absolute atomic E-state index is 0.141. The van der Waals surface area contributed by atoms with E-state index in [0.29, 0.717) is 20.6 Å². The van der Waals surface area contributed by atoms with Crippen LogP contribution in [0.2, 0.25) is 15.1 Å². The molecule has 0 fully saturated rings. The fraction of sp³-hybridized carbons (Fsp3) is 0.125. The summed E-state index contributed by atoms with van der Waals surface area (Å²) in [6, 6.07) is 3.14. The summed E-state index contributed by atoms with van der Waals surface area (Å²) in [5.41, 5.74) is 0.613. The summed E-state index contributed by atoms with van der Waals surface area (Å²) in [7, 11) is 0. The summed E-state index contributed by atoms with van der Waals surface area (Å²) in [6.07, 6.45) is 1.41. The zero-order chi connectivity index (χ0) is 9.84. The molecule has 0 heterocycles. The van der Waals surface area contributed by atoms with Crippen molar-refractivity contribution in [3.05, 3.63) is 32.8 Å². The Morgan fingerprint density at radius 2 is 2.00 bits per heavy atom. The zero-order valence-electron chi connectivity index (χ0n) is 6.35. The van der Waals surface area contributed by atoms with Gasteiger partial charge in [-0.25, -0.2) is 9.79 Å². The van der Waals surface area contributed by atoms with Crippen molar-refractivity contribution in [2.24, 2.45) is 4.99 Å². The lowest BCUT2D eigenvalue weighted by molar-refractivity contribution is 0.563. The molecular weight excluding hydrogens is 232 g/mol. The molecule has 0 N–H and O–H groups in total. The molecule has 1 aromatic rings. The van der Waals surface area contributed by atoms with E-state index in [1.807, 2.05) is 0 Å². The lowest BCUT2D eigenvalue weighted by Gasteiger charge is -2.02. The molecule has 5 heteroatoms. The number of halogens is 3. The summed E-state index contributed by atoms with van der Waals surface area (Å²) in [5, 5.41) is 1.18. The lowest BCUT2D eigenvalue weighted by Crippen LogP contribution is -1.84. The van der Waals surface area contributed by atoms with Gasteiger partial charge in [0.1, 0.15) is 0 Å². The molecule has 0 radical (unpaired) electrons. The minimum Gasteiger partial charge on any atom is -0.211 e. The number of isocyanates is 1. The van der Waals surface area contributed by atoms with Gasteiger partial charge in [0, 0.05) is 5.02 Å². The summed E-state index contributed by atoms with van der Waals surface area (Å²) >= 11 is 17.3. The van der Waals surface area contributed by atoms with Gasteiger partial charge in [-0.2, -0.15) is 0 Å². The molecule has 0 spiro atoms. The van der Waals surface area contributed by atoms with Crippen LogP contribution in [-0.4, -0.2) is 6.08 Å². The normalized spacial score (nSPS) is 9.46. The Bertz CT molecular complexity index is 372. The van der Waals surface area contributed by atoms with E-state index in [2.05, 4.69) is 4.99 Å². The number of rotatable bonds is 2. The van der Waals surface area contributed by atoms with E-state index < -0.39 is 0 Å². The fourth-order valence-electron chi connectivity index (χ4n) is 0.842. The fourth-order valence-corrected chi connectivity index (χ4v) is 1.55. The van der Waals surface area contributed by atoms with Crippen molar-refractivity contribution in [1.82, 2.24) is 0 Å². The molecule has 68 valence electrons. The van der Waals surface area contributed by atoms with Crippen molar-refractivity contribution in [3.63, 3.8) is 0 Å². The minimum atomic E-state index is 0.141. The molecule has 1 aromatic carbocycles. The van der Waals surface area contributed by atoms with Crippen LogP contribution in [0.25, 0.3) is 0 Å². The largest absolute Gasteiger partial charge is 0.235 e. The average molecular weight is 236 g/mol. The van der Waals surface area contributed by atoms with Gasteiger partial charge in [-0.3, -0.25) is 0 Å². The SMILES string of the molecule is O=C=NCc1cc(Cl)cc(Cl)c1Cl. The topological polar surface area (TPSA) is 29.4 Å². The van der Waals surface area contributed by atoms with Gasteiger partial charge in [-0.1, -0.05) is 34.8 Å².